The Balaban J connectivity index is 1.69. The third-order valence-corrected chi connectivity index (χ3v) is 4.10. The number of nitrogens with one attached hydrogen (secondary N) is 1. The molecule has 2 aromatic carbocycles. The van der Waals surface area contributed by atoms with Gasteiger partial charge in [-0.25, -0.2) is 0 Å². The summed E-state index contributed by atoms with van der Waals surface area (Å²) >= 11 is 0. The minimum atomic E-state index is -0.178. The van der Waals surface area contributed by atoms with E-state index in [-0.39, 0.29) is 18.4 Å². The fourth-order valence-corrected chi connectivity index (χ4v) is 2.61. The van der Waals surface area contributed by atoms with Gasteiger partial charge in [0.05, 0.1) is 19.1 Å². The molecular formula is C20H22N4O3. The number of nitrogens with two attached hydrogens (primary N) is 1. The van der Waals surface area contributed by atoms with Gasteiger partial charge in [-0.3, -0.25) is 4.79 Å². The maximum absolute atomic E-state index is 12.1. The van der Waals surface area contributed by atoms with Gasteiger partial charge in [0.2, 0.25) is 5.91 Å². The molecule has 0 fully saturated rings. The smallest absolute Gasteiger partial charge is 0.261 e. The standard InChI is InChI=1S/C20H22N4O3/c1-13(21)15-8-9-17(26-2)16(10-15)20-23-18(24-27-20)11-19(25)22-12-14-6-4-3-5-7-14/h3-10,13H,11-12,21H2,1-2H3,(H,22,25)/t13-/m0/s1. The Hall–Kier alpha value is -3.19. The normalized spacial score (nSPS) is 11.8. The summed E-state index contributed by atoms with van der Waals surface area (Å²) in [6, 6.07) is 15.1. The van der Waals surface area contributed by atoms with Gasteiger partial charge in [0.1, 0.15) is 5.75 Å². The van der Waals surface area contributed by atoms with E-state index in [9.17, 15) is 4.79 Å². The van der Waals surface area contributed by atoms with Crippen molar-refractivity contribution >= 4 is 5.91 Å². The lowest BCUT2D eigenvalue weighted by molar-refractivity contribution is -0.120. The number of carbonyl (C=O) groups is 1. The Kier molecular flexibility index (Phi) is 5.83. The summed E-state index contributed by atoms with van der Waals surface area (Å²) in [6.07, 6.45) is 0.0334. The highest BCUT2D eigenvalue weighted by molar-refractivity contribution is 5.77. The van der Waals surface area contributed by atoms with Gasteiger partial charge in [0, 0.05) is 12.6 Å². The highest BCUT2D eigenvalue weighted by Crippen LogP contribution is 2.31. The molecule has 7 nitrogen and oxygen atoms in total. The second-order valence-electron chi connectivity index (χ2n) is 6.20. The quantitative estimate of drug-likeness (QED) is 0.666. The molecule has 1 amide bonds. The molecule has 0 bridgehead atoms. The first-order valence-electron chi connectivity index (χ1n) is 8.64. The molecule has 3 aromatic rings. The zero-order valence-corrected chi connectivity index (χ0v) is 15.3. The van der Waals surface area contributed by atoms with E-state index in [1.165, 1.54) is 0 Å². The van der Waals surface area contributed by atoms with Crippen molar-refractivity contribution in [2.45, 2.75) is 25.9 Å². The monoisotopic (exact) mass is 366 g/mol. The molecule has 0 aliphatic heterocycles. The predicted molar refractivity (Wildman–Crippen MR) is 101 cm³/mol. The van der Waals surface area contributed by atoms with Gasteiger partial charge in [-0.05, 0) is 30.2 Å². The zero-order valence-electron chi connectivity index (χ0n) is 15.3. The molecule has 1 atom stereocenters. The first-order chi connectivity index (χ1) is 13.1. The van der Waals surface area contributed by atoms with Crippen LogP contribution in [0, 0.1) is 0 Å². The SMILES string of the molecule is COc1ccc([C@H](C)N)cc1-c1nc(CC(=O)NCc2ccccc2)no1. The average molecular weight is 366 g/mol. The van der Waals surface area contributed by atoms with Crippen molar-refractivity contribution in [2.75, 3.05) is 7.11 Å². The van der Waals surface area contributed by atoms with Crippen molar-refractivity contribution in [1.29, 1.82) is 0 Å². The Morgan fingerprint density at radius 1 is 1.26 bits per heavy atom. The van der Waals surface area contributed by atoms with Crippen molar-refractivity contribution in [2.24, 2.45) is 5.73 Å². The van der Waals surface area contributed by atoms with Crippen LogP contribution in [0.1, 0.15) is 29.9 Å². The van der Waals surface area contributed by atoms with E-state index in [0.29, 0.717) is 29.6 Å². The van der Waals surface area contributed by atoms with Crippen LogP contribution in [0.2, 0.25) is 0 Å². The molecule has 0 unspecified atom stereocenters. The van der Waals surface area contributed by atoms with Gasteiger partial charge in [0.25, 0.3) is 5.89 Å². The van der Waals surface area contributed by atoms with E-state index in [2.05, 4.69) is 15.5 Å². The van der Waals surface area contributed by atoms with Gasteiger partial charge < -0.3 is 20.3 Å². The molecule has 1 heterocycles. The summed E-state index contributed by atoms with van der Waals surface area (Å²) < 4.78 is 10.7. The van der Waals surface area contributed by atoms with Gasteiger partial charge >= 0.3 is 0 Å². The largest absolute Gasteiger partial charge is 0.496 e. The highest BCUT2D eigenvalue weighted by atomic mass is 16.5. The van der Waals surface area contributed by atoms with E-state index in [0.717, 1.165) is 11.1 Å². The Bertz CT molecular complexity index is 907. The maximum atomic E-state index is 12.1. The second-order valence-corrected chi connectivity index (χ2v) is 6.20. The van der Waals surface area contributed by atoms with E-state index in [4.69, 9.17) is 15.0 Å². The Labute approximate surface area is 157 Å². The van der Waals surface area contributed by atoms with Crippen LogP contribution in [0.25, 0.3) is 11.5 Å². The summed E-state index contributed by atoms with van der Waals surface area (Å²) in [6.45, 7) is 2.34. The van der Waals surface area contributed by atoms with E-state index in [1.54, 1.807) is 7.11 Å². The zero-order chi connectivity index (χ0) is 19.2. The fourth-order valence-electron chi connectivity index (χ4n) is 2.61. The number of methoxy groups -OCH3 is 1. The number of hydrogen-bond donors (Lipinski definition) is 2. The topological polar surface area (TPSA) is 103 Å². The number of nitrogens with zero attached hydrogens (tertiary/aromatic N) is 2. The van der Waals surface area contributed by atoms with Crippen molar-refractivity contribution in [3.63, 3.8) is 0 Å². The van der Waals surface area contributed by atoms with Crippen LogP contribution in [0.4, 0.5) is 0 Å². The molecule has 1 aromatic heterocycles. The maximum Gasteiger partial charge on any atom is 0.261 e. The van der Waals surface area contributed by atoms with Crippen LogP contribution in [-0.2, 0) is 17.8 Å². The number of ether oxygens (including phenoxy) is 1. The van der Waals surface area contributed by atoms with Crippen LogP contribution in [0.5, 0.6) is 5.75 Å². The number of amides is 1. The van der Waals surface area contributed by atoms with Gasteiger partial charge in [-0.15, -0.1) is 0 Å². The number of carbonyl (C=O) groups excluding carboxylic acids is 1. The minimum absolute atomic E-state index is 0.0334. The number of hydrogen-bond acceptors (Lipinski definition) is 6. The van der Waals surface area contributed by atoms with Crippen molar-refractivity contribution in [3.05, 3.63) is 65.5 Å². The van der Waals surface area contributed by atoms with Crippen LogP contribution in [0.3, 0.4) is 0 Å². The van der Waals surface area contributed by atoms with E-state index in [1.807, 2.05) is 55.5 Å². The molecule has 0 saturated carbocycles. The predicted octanol–water partition coefficient (Wildman–Crippen LogP) is 2.62. The molecule has 0 radical (unpaired) electrons. The summed E-state index contributed by atoms with van der Waals surface area (Å²) in [5.74, 6) is 1.02. The average Bonchev–Trinajstić information content (AvgIpc) is 3.14. The lowest BCUT2D eigenvalue weighted by Gasteiger charge is -2.10. The third kappa shape index (κ3) is 4.71. The number of aromatic nitrogens is 2. The lowest BCUT2D eigenvalue weighted by atomic mass is 10.0. The molecule has 0 aliphatic rings. The first-order valence-corrected chi connectivity index (χ1v) is 8.64. The van der Waals surface area contributed by atoms with Crippen molar-refractivity contribution < 1.29 is 14.1 Å². The second kappa shape index (κ2) is 8.46. The molecule has 27 heavy (non-hydrogen) atoms. The van der Waals surface area contributed by atoms with Crippen LogP contribution in [-0.4, -0.2) is 23.2 Å². The third-order valence-electron chi connectivity index (χ3n) is 4.10. The summed E-state index contributed by atoms with van der Waals surface area (Å²) in [5.41, 5.74) is 8.54. The molecule has 3 N–H and O–H groups in total. The van der Waals surface area contributed by atoms with E-state index >= 15 is 0 Å². The Morgan fingerprint density at radius 3 is 2.74 bits per heavy atom. The lowest BCUT2D eigenvalue weighted by Crippen LogP contribution is -2.24. The van der Waals surface area contributed by atoms with Gasteiger partial charge in [0.15, 0.2) is 5.82 Å². The first kappa shape index (κ1) is 18.6. The van der Waals surface area contributed by atoms with Crippen molar-refractivity contribution in [1.82, 2.24) is 15.5 Å². The highest BCUT2D eigenvalue weighted by Gasteiger charge is 2.17. The van der Waals surface area contributed by atoms with Gasteiger partial charge in [-0.2, -0.15) is 4.98 Å². The van der Waals surface area contributed by atoms with Gasteiger partial charge in [-0.1, -0.05) is 41.6 Å². The molecule has 140 valence electrons. The minimum Gasteiger partial charge on any atom is -0.496 e. The summed E-state index contributed by atoms with van der Waals surface area (Å²) in [5, 5.41) is 6.74. The van der Waals surface area contributed by atoms with Crippen LogP contribution < -0.4 is 15.8 Å². The Morgan fingerprint density at radius 2 is 2.04 bits per heavy atom. The molecule has 3 rings (SSSR count). The van der Waals surface area contributed by atoms with Crippen LogP contribution in [0.15, 0.2) is 53.1 Å². The fraction of sp³-hybridized carbons (Fsp3) is 0.250. The number of benzene rings is 2. The molecular weight excluding hydrogens is 344 g/mol. The summed E-state index contributed by atoms with van der Waals surface area (Å²) in [7, 11) is 1.57. The molecule has 0 aliphatic carbocycles. The van der Waals surface area contributed by atoms with E-state index < -0.39 is 0 Å². The molecule has 0 spiro atoms. The molecule has 0 saturated heterocycles. The van der Waals surface area contributed by atoms with Crippen molar-refractivity contribution in [3.8, 4) is 17.2 Å². The van der Waals surface area contributed by atoms with Crippen LogP contribution >= 0.6 is 0 Å². The molecule has 7 heteroatoms. The summed E-state index contributed by atoms with van der Waals surface area (Å²) in [4.78, 5) is 16.4. The number of rotatable bonds is 7.